The Morgan fingerprint density at radius 2 is 1.40 bits per heavy atom. The molecule has 204 valence electrons. The lowest BCUT2D eigenvalue weighted by molar-refractivity contribution is 0.101. The number of hydrogen-bond acceptors (Lipinski definition) is 8. The summed E-state index contributed by atoms with van der Waals surface area (Å²) in [6, 6.07) is 22.4. The second-order valence-corrected chi connectivity index (χ2v) is 8.61. The van der Waals surface area contributed by atoms with Crippen molar-refractivity contribution in [1.82, 2.24) is 14.8 Å². The molecular weight excluding hydrogens is 512 g/mol. The molecule has 40 heavy (non-hydrogen) atoms. The fourth-order valence-corrected chi connectivity index (χ4v) is 4.47. The number of methoxy groups -OCH3 is 5. The lowest BCUT2D eigenvalue weighted by atomic mass is 10.1. The standard InChI is InChI=1S/C30H28N4O6/c1-36-23-14-13-20(17-24(23)37-2)31-30(35)28-32-29(19-15-25(38-3)27(40-5)26(16-19)39-4)34(33-28)22-12-8-10-18-9-6-7-11-21(18)22/h6-17H,1-5H3,(H,31,35). The summed E-state index contributed by atoms with van der Waals surface area (Å²) in [5.74, 6) is 2.23. The number of anilines is 1. The average Bonchev–Trinajstić information content (AvgIpc) is 3.45. The molecule has 1 heterocycles. The number of fused-ring (bicyclic) bond motifs is 1. The van der Waals surface area contributed by atoms with Crippen LogP contribution in [0, 0.1) is 0 Å². The van der Waals surface area contributed by atoms with E-state index >= 15 is 0 Å². The minimum absolute atomic E-state index is 0.0357. The molecule has 0 radical (unpaired) electrons. The van der Waals surface area contributed by atoms with E-state index in [4.69, 9.17) is 23.7 Å². The zero-order valence-electron chi connectivity index (χ0n) is 22.7. The number of nitrogens with zero attached hydrogens (tertiary/aromatic N) is 3. The Kier molecular flexibility index (Phi) is 7.41. The van der Waals surface area contributed by atoms with Crippen LogP contribution in [0.25, 0.3) is 27.8 Å². The van der Waals surface area contributed by atoms with Crippen LogP contribution in [0.2, 0.25) is 0 Å². The topological polar surface area (TPSA) is 106 Å². The first-order chi connectivity index (χ1) is 19.5. The van der Waals surface area contributed by atoms with E-state index in [1.807, 2.05) is 42.5 Å². The summed E-state index contributed by atoms with van der Waals surface area (Å²) in [4.78, 5) is 18.1. The van der Waals surface area contributed by atoms with Crippen molar-refractivity contribution in [3.05, 3.63) is 78.6 Å². The predicted octanol–water partition coefficient (Wildman–Crippen LogP) is 5.38. The van der Waals surface area contributed by atoms with Crippen LogP contribution >= 0.6 is 0 Å². The van der Waals surface area contributed by atoms with Gasteiger partial charge >= 0.3 is 0 Å². The highest BCUT2D eigenvalue weighted by molar-refractivity contribution is 6.02. The van der Waals surface area contributed by atoms with Crippen molar-refractivity contribution < 1.29 is 28.5 Å². The van der Waals surface area contributed by atoms with Crippen molar-refractivity contribution in [3.63, 3.8) is 0 Å². The molecule has 0 spiro atoms. The van der Waals surface area contributed by atoms with Crippen molar-refractivity contribution in [2.45, 2.75) is 0 Å². The SMILES string of the molecule is COc1ccc(NC(=O)c2nc(-c3cc(OC)c(OC)c(OC)c3)n(-c3cccc4ccccc34)n2)cc1OC. The summed E-state index contributed by atoms with van der Waals surface area (Å²) in [6.45, 7) is 0. The first kappa shape index (κ1) is 26.4. The minimum Gasteiger partial charge on any atom is -0.493 e. The Balaban J connectivity index is 1.66. The van der Waals surface area contributed by atoms with Crippen LogP contribution in [0.1, 0.15) is 10.6 Å². The van der Waals surface area contributed by atoms with E-state index in [1.54, 1.807) is 56.3 Å². The zero-order chi connectivity index (χ0) is 28.2. The van der Waals surface area contributed by atoms with Crippen LogP contribution in [-0.2, 0) is 0 Å². The van der Waals surface area contributed by atoms with Crippen molar-refractivity contribution in [2.75, 3.05) is 40.9 Å². The lowest BCUT2D eigenvalue weighted by Gasteiger charge is -2.15. The van der Waals surface area contributed by atoms with Gasteiger partial charge in [-0.3, -0.25) is 4.79 Å². The molecule has 0 aliphatic rings. The van der Waals surface area contributed by atoms with E-state index < -0.39 is 5.91 Å². The van der Waals surface area contributed by atoms with Crippen molar-refractivity contribution >= 4 is 22.4 Å². The molecule has 0 aliphatic heterocycles. The molecule has 1 N–H and O–H groups in total. The van der Waals surface area contributed by atoms with Crippen molar-refractivity contribution in [3.8, 4) is 45.8 Å². The van der Waals surface area contributed by atoms with Gasteiger partial charge in [-0.1, -0.05) is 36.4 Å². The van der Waals surface area contributed by atoms with Crippen LogP contribution in [-0.4, -0.2) is 56.2 Å². The second-order valence-electron chi connectivity index (χ2n) is 8.61. The highest BCUT2D eigenvalue weighted by Crippen LogP contribution is 2.41. The smallest absolute Gasteiger partial charge is 0.295 e. The molecule has 5 rings (SSSR count). The molecule has 5 aromatic rings. The summed E-state index contributed by atoms with van der Waals surface area (Å²) in [5, 5.41) is 9.46. The first-order valence-corrected chi connectivity index (χ1v) is 12.3. The fourth-order valence-electron chi connectivity index (χ4n) is 4.47. The largest absolute Gasteiger partial charge is 0.493 e. The molecular formula is C30H28N4O6. The molecule has 0 atom stereocenters. The minimum atomic E-state index is -0.500. The van der Waals surface area contributed by atoms with Gasteiger partial charge in [-0.05, 0) is 35.7 Å². The van der Waals surface area contributed by atoms with E-state index in [0.717, 1.165) is 16.5 Å². The summed E-state index contributed by atoms with van der Waals surface area (Å²) < 4.78 is 28.9. The summed E-state index contributed by atoms with van der Waals surface area (Å²) in [7, 11) is 7.69. The maximum atomic E-state index is 13.4. The fraction of sp³-hybridized carbons (Fsp3) is 0.167. The molecule has 1 aromatic heterocycles. The van der Waals surface area contributed by atoms with E-state index in [-0.39, 0.29) is 5.82 Å². The number of aromatic nitrogens is 3. The van der Waals surface area contributed by atoms with Gasteiger partial charge in [0.25, 0.3) is 5.91 Å². The van der Waals surface area contributed by atoms with Crippen LogP contribution in [0.4, 0.5) is 5.69 Å². The van der Waals surface area contributed by atoms with E-state index in [0.29, 0.717) is 45.8 Å². The molecule has 0 unspecified atom stereocenters. The third kappa shape index (κ3) is 4.82. The number of benzene rings is 4. The monoisotopic (exact) mass is 540 g/mol. The van der Waals surface area contributed by atoms with Gasteiger partial charge in [0.1, 0.15) is 0 Å². The third-order valence-electron chi connectivity index (χ3n) is 6.37. The average molecular weight is 541 g/mol. The van der Waals surface area contributed by atoms with Gasteiger partial charge in [0, 0.05) is 22.7 Å². The Bertz CT molecular complexity index is 1670. The molecule has 10 heteroatoms. The molecule has 0 saturated heterocycles. The number of ether oxygens (including phenoxy) is 5. The van der Waals surface area contributed by atoms with Gasteiger partial charge in [-0.25, -0.2) is 9.67 Å². The quantitative estimate of drug-likeness (QED) is 0.266. The normalized spacial score (nSPS) is 10.7. The van der Waals surface area contributed by atoms with Gasteiger partial charge in [-0.2, -0.15) is 0 Å². The number of hydrogen-bond donors (Lipinski definition) is 1. The Hall–Kier alpha value is -5.25. The predicted molar refractivity (Wildman–Crippen MR) is 151 cm³/mol. The van der Waals surface area contributed by atoms with Gasteiger partial charge in [-0.15, -0.1) is 5.10 Å². The molecule has 1 amide bonds. The molecule has 0 saturated carbocycles. The Morgan fingerprint density at radius 3 is 2.08 bits per heavy atom. The van der Waals surface area contributed by atoms with E-state index in [9.17, 15) is 4.79 Å². The van der Waals surface area contributed by atoms with Crippen molar-refractivity contribution in [1.29, 1.82) is 0 Å². The number of amides is 1. The van der Waals surface area contributed by atoms with Gasteiger partial charge in [0.05, 0.1) is 41.2 Å². The number of carbonyl (C=O) groups excluding carboxylic acids is 1. The summed E-state index contributed by atoms with van der Waals surface area (Å²) in [6.07, 6.45) is 0. The highest BCUT2D eigenvalue weighted by atomic mass is 16.5. The second kappa shape index (κ2) is 11.2. The Morgan fingerprint density at radius 1 is 0.725 bits per heavy atom. The highest BCUT2D eigenvalue weighted by Gasteiger charge is 2.23. The van der Waals surface area contributed by atoms with E-state index in [2.05, 4.69) is 15.4 Å². The Labute approximate surface area is 231 Å². The maximum Gasteiger partial charge on any atom is 0.295 e. The van der Waals surface area contributed by atoms with Gasteiger partial charge in [0.15, 0.2) is 28.8 Å². The van der Waals surface area contributed by atoms with Gasteiger partial charge < -0.3 is 29.0 Å². The van der Waals surface area contributed by atoms with Crippen LogP contribution in [0.3, 0.4) is 0 Å². The molecule has 0 fully saturated rings. The number of carbonyl (C=O) groups is 1. The first-order valence-electron chi connectivity index (χ1n) is 12.3. The van der Waals surface area contributed by atoms with Crippen LogP contribution in [0.15, 0.2) is 72.8 Å². The lowest BCUT2D eigenvalue weighted by Crippen LogP contribution is -2.14. The summed E-state index contributed by atoms with van der Waals surface area (Å²) >= 11 is 0. The molecule has 0 aliphatic carbocycles. The summed E-state index contributed by atoms with van der Waals surface area (Å²) in [5.41, 5.74) is 1.86. The number of rotatable bonds is 9. The maximum absolute atomic E-state index is 13.4. The van der Waals surface area contributed by atoms with Crippen LogP contribution in [0.5, 0.6) is 28.7 Å². The molecule has 10 nitrogen and oxygen atoms in total. The third-order valence-corrected chi connectivity index (χ3v) is 6.37. The number of nitrogens with one attached hydrogen (secondary N) is 1. The zero-order valence-corrected chi connectivity index (χ0v) is 22.7. The van der Waals surface area contributed by atoms with E-state index in [1.165, 1.54) is 14.2 Å². The van der Waals surface area contributed by atoms with Gasteiger partial charge in [0.2, 0.25) is 11.6 Å². The molecule has 0 bridgehead atoms. The molecule has 4 aromatic carbocycles. The van der Waals surface area contributed by atoms with Crippen LogP contribution < -0.4 is 29.0 Å². The van der Waals surface area contributed by atoms with Crippen molar-refractivity contribution in [2.24, 2.45) is 0 Å².